The molecule has 0 spiro atoms. The van der Waals surface area contributed by atoms with Crippen LogP contribution in [0.5, 0.6) is 0 Å². The van der Waals surface area contributed by atoms with Gasteiger partial charge < -0.3 is 26.1 Å². The van der Waals surface area contributed by atoms with Crippen LogP contribution in [0.2, 0.25) is 0 Å². The molecule has 35 heavy (non-hydrogen) atoms. The standard InChI is InChI=1S/C19H26N6O10/c26-13(2-1-7-24-17(30)3-4-18(24)31)21-11-15(28)23-12-16(29)22-10-14(27)20-6-5-19(32)35-25-33-8-9-34-25/h3-4H,1-2,5-12H2,(H,20,27)(H,21,26)(H,22,29)(H,23,28). The second-order valence-corrected chi connectivity index (χ2v) is 7.05. The third-order valence-electron chi connectivity index (χ3n) is 4.33. The first-order chi connectivity index (χ1) is 16.7. The fourth-order valence-electron chi connectivity index (χ4n) is 2.61. The van der Waals surface area contributed by atoms with Gasteiger partial charge in [-0.25, -0.2) is 9.68 Å². The zero-order chi connectivity index (χ0) is 25.6. The van der Waals surface area contributed by atoms with E-state index >= 15 is 0 Å². The van der Waals surface area contributed by atoms with E-state index in [4.69, 9.17) is 9.68 Å². The van der Waals surface area contributed by atoms with Crippen LogP contribution in [0.3, 0.4) is 0 Å². The van der Waals surface area contributed by atoms with Crippen molar-refractivity contribution in [2.45, 2.75) is 19.3 Å². The van der Waals surface area contributed by atoms with Gasteiger partial charge >= 0.3 is 5.97 Å². The van der Waals surface area contributed by atoms with Crippen LogP contribution in [0.4, 0.5) is 0 Å². The van der Waals surface area contributed by atoms with Gasteiger partial charge in [-0.3, -0.25) is 38.5 Å². The lowest BCUT2D eigenvalue weighted by Crippen LogP contribution is -2.44. The summed E-state index contributed by atoms with van der Waals surface area (Å²) in [6.45, 7) is -0.621. The van der Waals surface area contributed by atoms with E-state index < -0.39 is 48.0 Å². The molecule has 0 atom stereocenters. The van der Waals surface area contributed by atoms with E-state index in [2.05, 4.69) is 26.1 Å². The van der Waals surface area contributed by atoms with Crippen molar-refractivity contribution in [2.75, 3.05) is 45.9 Å². The lowest BCUT2D eigenvalue weighted by atomic mass is 10.2. The van der Waals surface area contributed by atoms with Crippen LogP contribution < -0.4 is 21.3 Å². The number of rotatable bonds is 14. The number of hydrogen-bond donors (Lipinski definition) is 4. The largest absolute Gasteiger partial charge is 0.354 e. The molecule has 16 nitrogen and oxygen atoms in total. The van der Waals surface area contributed by atoms with Gasteiger partial charge in [-0.15, -0.1) is 0 Å². The summed E-state index contributed by atoms with van der Waals surface area (Å²) < 4.78 is 0. The Hall–Kier alpha value is -3.89. The van der Waals surface area contributed by atoms with E-state index in [0.29, 0.717) is 5.39 Å². The summed E-state index contributed by atoms with van der Waals surface area (Å²) in [5.41, 5.74) is 0. The molecule has 192 valence electrons. The Balaban J connectivity index is 1.46. The number of carbonyl (C=O) groups is 7. The van der Waals surface area contributed by atoms with Gasteiger partial charge in [0.15, 0.2) is 0 Å². The molecular weight excluding hydrogens is 472 g/mol. The third kappa shape index (κ3) is 10.7. The smallest absolute Gasteiger partial charge is 0.332 e. The summed E-state index contributed by atoms with van der Waals surface area (Å²) >= 11 is 0. The minimum Gasteiger partial charge on any atom is -0.354 e. The molecule has 1 fully saturated rings. The van der Waals surface area contributed by atoms with Crippen LogP contribution in [0.25, 0.3) is 0 Å². The Kier molecular flexibility index (Phi) is 11.2. The van der Waals surface area contributed by atoms with Crippen molar-refractivity contribution < 1.29 is 48.1 Å². The fraction of sp³-hybridized carbons (Fsp3) is 0.526. The average molecular weight is 498 g/mol. The van der Waals surface area contributed by atoms with Crippen molar-refractivity contribution in [1.82, 2.24) is 31.6 Å². The normalized spacial score (nSPS) is 15.1. The van der Waals surface area contributed by atoms with Crippen molar-refractivity contribution in [3.8, 4) is 0 Å². The van der Waals surface area contributed by atoms with Crippen molar-refractivity contribution in [2.24, 2.45) is 0 Å². The zero-order valence-corrected chi connectivity index (χ0v) is 18.7. The van der Waals surface area contributed by atoms with Gasteiger partial charge in [-0.2, -0.15) is 0 Å². The Morgan fingerprint density at radius 3 is 1.86 bits per heavy atom. The van der Waals surface area contributed by atoms with E-state index in [0.717, 1.165) is 17.1 Å². The third-order valence-corrected chi connectivity index (χ3v) is 4.33. The summed E-state index contributed by atoms with van der Waals surface area (Å²) in [7, 11) is 0. The average Bonchev–Trinajstić information content (AvgIpc) is 3.44. The maximum Gasteiger partial charge on any atom is 0.332 e. The molecule has 0 aromatic carbocycles. The van der Waals surface area contributed by atoms with Crippen molar-refractivity contribution in [3.63, 3.8) is 0 Å². The van der Waals surface area contributed by atoms with E-state index in [1.54, 1.807) is 0 Å². The molecule has 0 aromatic rings. The van der Waals surface area contributed by atoms with Gasteiger partial charge in [0.1, 0.15) is 18.6 Å². The second kappa shape index (κ2) is 14.4. The molecule has 2 heterocycles. The van der Waals surface area contributed by atoms with Crippen LogP contribution in [-0.4, -0.2) is 97.6 Å². The van der Waals surface area contributed by atoms with Gasteiger partial charge in [0.25, 0.3) is 11.8 Å². The quantitative estimate of drug-likeness (QED) is 0.171. The highest BCUT2D eigenvalue weighted by molar-refractivity contribution is 6.12. The molecule has 0 aromatic heterocycles. The summed E-state index contributed by atoms with van der Waals surface area (Å²) in [5.74, 6) is -3.86. The van der Waals surface area contributed by atoms with Crippen LogP contribution in [0, 0.1) is 0 Å². The molecule has 2 rings (SSSR count). The maximum absolute atomic E-state index is 11.8. The van der Waals surface area contributed by atoms with E-state index in [1.807, 2.05) is 0 Å². The minimum absolute atomic E-state index is 0.00251. The summed E-state index contributed by atoms with van der Waals surface area (Å²) in [6, 6.07) is 0. The minimum atomic E-state index is -0.694. The predicted molar refractivity (Wildman–Crippen MR) is 112 cm³/mol. The highest BCUT2D eigenvalue weighted by Crippen LogP contribution is 2.05. The first-order valence-electron chi connectivity index (χ1n) is 10.6. The molecule has 2 aliphatic rings. The topological polar surface area (TPSA) is 202 Å². The molecule has 0 saturated carbocycles. The molecule has 4 N–H and O–H groups in total. The lowest BCUT2D eigenvalue weighted by Gasteiger charge is -2.13. The second-order valence-electron chi connectivity index (χ2n) is 7.05. The molecule has 1 saturated heterocycles. The first-order valence-corrected chi connectivity index (χ1v) is 10.6. The van der Waals surface area contributed by atoms with E-state index in [1.165, 1.54) is 0 Å². The molecule has 0 unspecified atom stereocenters. The highest BCUT2D eigenvalue weighted by atomic mass is 17.2. The van der Waals surface area contributed by atoms with Crippen molar-refractivity contribution in [3.05, 3.63) is 12.2 Å². The number of amides is 6. The van der Waals surface area contributed by atoms with Crippen LogP contribution >= 0.6 is 0 Å². The summed E-state index contributed by atoms with van der Waals surface area (Å²) in [4.78, 5) is 96.4. The van der Waals surface area contributed by atoms with Gasteiger partial charge in [0.05, 0.1) is 26.1 Å². The Morgan fingerprint density at radius 1 is 0.771 bits per heavy atom. The summed E-state index contributed by atoms with van der Waals surface area (Å²) in [6.07, 6.45) is 2.38. The van der Waals surface area contributed by atoms with E-state index in [-0.39, 0.29) is 58.7 Å². The number of nitrogens with zero attached hydrogens (tertiary/aromatic N) is 2. The van der Waals surface area contributed by atoms with Crippen LogP contribution in [0.15, 0.2) is 12.2 Å². The summed E-state index contributed by atoms with van der Waals surface area (Å²) in [5, 5.41) is 9.89. The number of carbonyl (C=O) groups excluding carboxylic acids is 7. The highest BCUT2D eigenvalue weighted by Gasteiger charge is 2.23. The Morgan fingerprint density at radius 2 is 1.29 bits per heavy atom. The van der Waals surface area contributed by atoms with E-state index in [9.17, 15) is 33.6 Å². The Bertz CT molecular complexity index is 852. The fourth-order valence-corrected chi connectivity index (χ4v) is 2.61. The van der Waals surface area contributed by atoms with Gasteiger partial charge in [-0.05, 0) is 6.42 Å². The van der Waals surface area contributed by atoms with Gasteiger partial charge in [0.2, 0.25) is 23.6 Å². The molecule has 0 bridgehead atoms. The molecule has 16 heteroatoms. The first kappa shape index (κ1) is 27.4. The molecule has 0 aliphatic carbocycles. The Labute approximate surface area is 199 Å². The molecular formula is C19H26N6O10. The number of hydrogen-bond acceptors (Lipinski definition) is 11. The zero-order valence-electron chi connectivity index (χ0n) is 18.7. The van der Waals surface area contributed by atoms with Crippen molar-refractivity contribution >= 4 is 41.4 Å². The molecule has 2 aliphatic heterocycles. The molecule has 6 amide bonds. The SMILES string of the molecule is O=C(CCCN1C(=O)C=CC1=O)NCC(=O)NCC(=O)NCC(=O)NCCC(=O)ON1OCCO1. The van der Waals surface area contributed by atoms with Crippen LogP contribution in [0.1, 0.15) is 19.3 Å². The number of imide groups is 1. The monoisotopic (exact) mass is 498 g/mol. The maximum atomic E-state index is 11.8. The van der Waals surface area contributed by atoms with Crippen molar-refractivity contribution in [1.29, 1.82) is 0 Å². The van der Waals surface area contributed by atoms with Gasteiger partial charge in [-0.1, -0.05) is 0 Å². The lowest BCUT2D eigenvalue weighted by molar-refractivity contribution is -0.460. The van der Waals surface area contributed by atoms with Gasteiger partial charge in [0, 0.05) is 31.7 Å². The van der Waals surface area contributed by atoms with Crippen LogP contribution in [-0.2, 0) is 48.1 Å². The molecule has 0 radical (unpaired) electrons. The number of nitrogens with one attached hydrogen (secondary N) is 4. The predicted octanol–water partition coefficient (Wildman–Crippen LogP) is -3.82.